The second kappa shape index (κ2) is 6.24. The fourth-order valence-corrected chi connectivity index (χ4v) is 2.78. The zero-order valence-corrected chi connectivity index (χ0v) is 11.2. The fraction of sp³-hybridized carbons (Fsp3) is 0.692. The van der Waals surface area contributed by atoms with Crippen molar-refractivity contribution >= 4 is 17.5 Å². The van der Waals surface area contributed by atoms with Crippen LogP contribution < -0.4 is 0 Å². The molecule has 1 aromatic rings. The van der Waals surface area contributed by atoms with Crippen molar-refractivity contribution in [3.63, 3.8) is 0 Å². The minimum atomic E-state index is 0.302. The van der Waals surface area contributed by atoms with Crippen molar-refractivity contribution < 1.29 is 4.79 Å². The molecule has 0 spiro atoms. The first-order chi connectivity index (χ1) is 8.29. The Morgan fingerprint density at radius 3 is 3.00 bits per heavy atom. The van der Waals surface area contributed by atoms with Crippen LogP contribution in [0.2, 0.25) is 0 Å². The van der Waals surface area contributed by atoms with Crippen molar-refractivity contribution in [2.24, 2.45) is 0 Å². The molecule has 0 bridgehead atoms. The summed E-state index contributed by atoms with van der Waals surface area (Å²) in [5, 5.41) is 4.53. The van der Waals surface area contributed by atoms with Crippen molar-refractivity contribution in [2.75, 3.05) is 12.0 Å². The molecule has 0 amide bonds. The maximum atomic E-state index is 11.6. The summed E-state index contributed by atoms with van der Waals surface area (Å²) in [5.41, 5.74) is 0.933. The van der Waals surface area contributed by atoms with E-state index in [1.54, 1.807) is 11.8 Å². The number of Topliss-reactive ketones (excluding diaryl/α,β-unsaturated/α-hetero) is 1. The number of ketones is 1. The fourth-order valence-electron chi connectivity index (χ4n) is 2.35. The van der Waals surface area contributed by atoms with Gasteiger partial charge < -0.3 is 0 Å². The molecular formula is C13H20N2OS. The minimum absolute atomic E-state index is 0.302. The average Bonchev–Trinajstić information content (AvgIpc) is 2.95. The summed E-state index contributed by atoms with van der Waals surface area (Å²) in [6.07, 6.45) is 10.3. The summed E-state index contributed by atoms with van der Waals surface area (Å²) in [4.78, 5) is 11.6. The average molecular weight is 252 g/mol. The van der Waals surface area contributed by atoms with Gasteiger partial charge in [0, 0.05) is 12.6 Å². The van der Waals surface area contributed by atoms with Crippen LogP contribution in [-0.4, -0.2) is 27.6 Å². The molecule has 0 N–H and O–H groups in total. The van der Waals surface area contributed by atoms with Gasteiger partial charge in [-0.1, -0.05) is 12.8 Å². The quantitative estimate of drug-likeness (QED) is 0.781. The molecule has 0 radical (unpaired) electrons. The third-order valence-corrected chi connectivity index (χ3v) is 3.94. The predicted octanol–water partition coefficient (Wildman–Crippen LogP) is 2.86. The molecule has 2 rings (SSSR count). The van der Waals surface area contributed by atoms with Gasteiger partial charge in [-0.05, 0) is 30.9 Å². The van der Waals surface area contributed by atoms with E-state index in [0.29, 0.717) is 24.7 Å². The molecule has 4 heteroatoms. The molecule has 1 aromatic heterocycles. The normalized spacial score (nSPS) is 16.5. The van der Waals surface area contributed by atoms with Crippen LogP contribution in [0.25, 0.3) is 0 Å². The van der Waals surface area contributed by atoms with Crippen LogP contribution in [-0.2, 0) is 11.2 Å². The highest BCUT2D eigenvalue weighted by molar-refractivity contribution is 7.98. The van der Waals surface area contributed by atoms with E-state index in [2.05, 4.69) is 9.78 Å². The predicted molar refractivity (Wildman–Crippen MR) is 71.4 cm³/mol. The topological polar surface area (TPSA) is 34.9 Å². The van der Waals surface area contributed by atoms with E-state index in [-0.39, 0.29) is 0 Å². The Bertz CT molecular complexity index is 369. The van der Waals surface area contributed by atoms with Gasteiger partial charge >= 0.3 is 0 Å². The Kier molecular flexibility index (Phi) is 4.66. The van der Waals surface area contributed by atoms with Crippen molar-refractivity contribution in [1.82, 2.24) is 9.78 Å². The third-order valence-electron chi connectivity index (χ3n) is 3.33. The van der Waals surface area contributed by atoms with E-state index in [0.717, 1.165) is 11.4 Å². The van der Waals surface area contributed by atoms with Crippen LogP contribution in [0.15, 0.2) is 12.3 Å². The maximum Gasteiger partial charge on any atom is 0.139 e. The van der Waals surface area contributed by atoms with Crippen LogP contribution in [0, 0.1) is 0 Å². The molecule has 0 saturated heterocycles. The van der Waals surface area contributed by atoms with Gasteiger partial charge in [0.2, 0.25) is 0 Å². The lowest BCUT2D eigenvalue weighted by Gasteiger charge is -2.08. The Hall–Kier alpha value is -0.770. The number of nitrogens with zero attached hydrogens (tertiary/aromatic N) is 2. The highest BCUT2D eigenvalue weighted by Crippen LogP contribution is 2.28. The number of hydrogen-bond donors (Lipinski definition) is 0. The molecule has 0 unspecified atom stereocenters. The molecule has 94 valence electrons. The monoisotopic (exact) mass is 252 g/mol. The van der Waals surface area contributed by atoms with E-state index in [1.165, 1.54) is 25.7 Å². The van der Waals surface area contributed by atoms with Crippen LogP contribution in [0.4, 0.5) is 0 Å². The molecule has 0 aliphatic heterocycles. The summed E-state index contributed by atoms with van der Waals surface area (Å²) in [6.45, 7) is 0. The van der Waals surface area contributed by atoms with Gasteiger partial charge in [0.05, 0.1) is 18.2 Å². The highest BCUT2D eigenvalue weighted by Gasteiger charge is 2.17. The number of aromatic nitrogens is 2. The lowest BCUT2D eigenvalue weighted by molar-refractivity contribution is -0.118. The lowest BCUT2D eigenvalue weighted by atomic mass is 10.2. The van der Waals surface area contributed by atoms with E-state index >= 15 is 0 Å². The Balaban J connectivity index is 1.87. The largest absolute Gasteiger partial charge is 0.299 e. The van der Waals surface area contributed by atoms with E-state index in [1.807, 2.05) is 18.5 Å². The Morgan fingerprint density at radius 2 is 2.29 bits per heavy atom. The summed E-state index contributed by atoms with van der Waals surface area (Å²) in [7, 11) is 0. The van der Waals surface area contributed by atoms with Crippen molar-refractivity contribution in [3.8, 4) is 0 Å². The van der Waals surface area contributed by atoms with Gasteiger partial charge in [-0.15, -0.1) is 0 Å². The lowest BCUT2D eigenvalue weighted by Crippen LogP contribution is -2.08. The van der Waals surface area contributed by atoms with Crippen LogP contribution in [0.3, 0.4) is 0 Å². The smallest absolute Gasteiger partial charge is 0.139 e. The minimum Gasteiger partial charge on any atom is -0.299 e. The summed E-state index contributed by atoms with van der Waals surface area (Å²) >= 11 is 1.72. The summed E-state index contributed by atoms with van der Waals surface area (Å²) < 4.78 is 2.06. The molecule has 3 nitrogen and oxygen atoms in total. The molecule has 1 fully saturated rings. The highest BCUT2D eigenvalue weighted by atomic mass is 32.2. The maximum absolute atomic E-state index is 11.6. The summed E-state index contributed by atoms with van der Waals surface area (Å²) in [5.74, 6) is 1.22. The first-order valence-corrected chi connectivity index (χ1v) is 7.73. The first-order valence-electron chi connectivity index (χ1n) is 6.34. The van der Waals surface area contributed by atoms with Gasteiger partial charge in [-0.2, -0.15) is 16.9 Å². The second-order valence-electron chi connectivity index (χ2n) is 4.68. The number of carbonyl (C=O) groups excluding carboxylic acids is 1. The molecule has 1 aliphatic carbocycles. The Morgan fingerprint density at radius 1 is 1.53 bits per heavy atom. The third kappa shape index (κ3) is 3.60. The van der Waals surface area contributed by atoms with Gasteiger partial charge in [0.1, 0.15) is 5.78 Å². The number of hydrogen-bond acceptors (Lipinski definition) is 3. The molecule has 1 saturated carbocycles. The van der Waals surface area contributed by atoms with Gasteiger partial charge in [0.15, 0.2) is 0 Å². The summed E-state index contributed by atoms with van der Waals surface area (Å²) in [6, 6.07) is 2.57. The number of carbonyl (C=O) groups is 1. The number of thioether (sulfide) groups is 1. The zero-order chi connectivity index (χ0) is 12.1. The molecule has 1 aliphatic rings. The van der Waals surface area contributed by atoms with Crippen LogP contribution in [0.1, 0.15) is 43.8 Å². The number of rotatable bonds is 6. The second-order valence-corrected chi connectivity index (χ2v) is 5.67. The van der Waals surface area contributed by atoms with Gasteiger partial charge in [-0.25, -0.2) is 0 Å². The molecular weight excluding hydrogens is 232 g/mol. The molecule has 17 heavy (non-hydrogen) atoms. The molecule has 1 heterocycles. The van der Waals surface area contributed by atoms with Gasteiger partial charge in [0.25, 0.3) is 0 Å². The zero-order valence-electron chi connectivity index (χ0n) is 10.4. The van der Waals surface area contributed by atoms with Crippen LogP contribution in [0.5, 0.6) is 0 Å². The van der Waals surface area contributed by atoms with Crippen molar-refractivity contribution in [2.45, 2.75) is 44.6 Å². The van der Waals surface area contributed by atoms with Crippen molar-refractivity contribution in [1.29, 1.82) is 0 Å². The Labute approximate surface area is 107 Å². The molecule has 0 aromatic carbocycles. The SMILES string of the molecule is CSCCC(=O)Cc1ccn(C2CCCC2)n1. The molecule has 0 atom stereocenters. The first kappa shape index (κ1) is 12.7. The van der Waals surface area contributed by atoms with E-state index in [4.69, 9.17) is 0 Å². The standard InChI is InChI=1S/C13H20N2OS/c1-17-9-7-13(16)10-11-6-8-15(14-11)12-4-2-3-5-12/h6,8,12H,2-5,7,9-10H2,1H3. The van der Waals surface area contributed by atoms with E-state index < -0.39 is 0 Å². The van der Waals surface area contributed by atoms with Gasteiger partial charge in [-0.3, -0.25) is 9.48 Å². The van der Waals surface area contributed by atoms with Crippen LogP contribution >= 0.6 is 11.8 Å². The van der Waals surface area contributed by atoms with Crippen molar-refractivity contribution in [3.05, 3.63) is 18.0 Å². The van der Waals surface area contributed by atoms with E-state index in [9.17, 15) is 4.79 Å².